The van der Waals surface area contributed by atoms with Crippen LogP contribution in [0.3, 0.4) is 0 Å². The number of benzene rings is 1. The van der Waals surface area contributed by atoms with Gasteiger partial charge in [0.05, 0.1) is 0 Å². The van der Waals surface area contributed by atoms with Crippen LogP contribution in [0.25, 0.3) is 0 Å². The lowest BCUT2D eigenvalue weighted by atomic mass is 10.2. The zero-order valence-corrected chi connectivity index (χ0v) is 12.8. The predicted molar refractivity (Wildman–Crippen MR) is 83.8 cm³/mol. The van der Waals surface area contributed by atoms with Crippen molar-refractivity contribution >= 4 is 23.5 Å². The molecule has 0 spiro atoms. The van der Waals surface area contributed by atoms with Crippen LogP contribution in [0.15, 0.2) is 24.3 Å². The van der Waals surface area contributed by atoms with Crippen molar-refractivity contribution in [3.63, 3.8) is 0 Å². The molecule has 0 amide bonds. The SMILES string of the molecule is CCN(CC)c1nc(Cl)nc(NCc2ccc(O)cc2)n1. The predicted octanol–water partition coefficient (Wildman–Crippen LogP) is 2.69. The third kappa shape index (κ3) is 4.19. The van der Waals surface area contributed by atoms with Crippen molar-refractivity contribution in [3.8, 4) is 5.75 Å². The van der Waals surface area contributed by atoms with Gasteiger partial charge in [-0.05, 0) is 43.1 Å². The fourth-order valence-corrected chi connectivity index (χ4v) is 2.02. The van der Waals surface area contributed by atoms with E-state index < -0.39 is 0 Å². The largest absolute Gasteiger partial charge is 0.508 e. The van der Waals surface area contributed by atoms with E-state index in [1.807, 2.05) is 30.9 Å². The van der Waals surface area contributed by atoms with E-state index >= 15 is 0 Å². The molecule has 0 atom stereocenters. The monoisotopic (exact) mass is 307 g/mol. The van der Waals surface area contributed by atoms with Gasteiger partial charge in [0.25, 0.3) is 0 Å². The Kier molecular flexibility index (Phi) is 5.16. The lowest BCUT2D eigenvalue weighted by molar-refractivity contribution is 0.475. The van der Waals surface area contributed by atoms with Crippen LogP contribution >= 0.6 is 11.6 Å². The molecule has 1 aromatic carbocycles. The van der Waals surface area contributed by atoms with Crippen molar-refractivity contribution in [1.29, 1.82) is 0 Å². The summed E-state index contributed by atoms with van der Waals surface area (Å²) in [5.74, 6) is 1.24. The van der Waals surface area contributed by atoms with E-state index in [9.17, 15) is 5.11 Å². The zero-order valence-electron chi connectivity index (χ0n) is 12.0. The van der Waals surface area contributed by atoms with Gasteiger partial charge >= 0.3 is 0 Å². The summed E-state index contributed by atoms with van der Waals surface area (Å²) in [6.07, 6.45) is 0. The maximum Gasteiger partial charge on any atom is 0.231 e. The molecular weight excluding hydrogens is 290 g/mol. The van der Waals surface area contributed by atoms with Crippen LogP contribution in [0.2, 0.25) is 5.28 Å². The molecule has 21 heavy (non-hydrogen) atoms. The average molecular weight is 308 g/mol. The van der Waals surface area contributed by atoms with Gasteiger partial charge in [-0.2, -0.15) is 15.0 Å². The first-order valence-corrected chi connectivity index (χ1v) is 7.18. The number of hydrogen-bond acceptors (Lipinski definition) is 6. The van der Waals surface area contributed by atoms with Gasteiger partial charge in [0.15, 0.2) is 0 Å². The van der Waals surface area contributed by atoms with Gasteiger partial charge in [0.1, 0.15) is 5.75 Å². The third-order valence-electron chi connectivity index (χ3n) is 3.03. The highest BCUT2D eigenvalue weighted by atomic mass is 35.5. The van der Waals surface area contributed by atoms with Gasteiger partial charge in [-0.1, -0.05) is 12.1 Å². The molecule has 6 nitrogen and oxygen atoms in total. The smallest absolute Gasteiger partial charge is 0.231 e. The molecule has 0 aliphatic carbocycles. The normalized spacial score (nSPS) is 10.4. The number of nitrogens with one attached hydrogen (secondary N) is 1. The second kappa shape index (κ2) is 7.08. The Morgan fingerprint density at radius 2 is 1.76 bits per heavy atom. The highest BCUT2D eigenvalue weighted by Crippen LogP contribution is 2.15. The second-order valence-corrected chi connectivity index (χ2v) is 4.76. The number of anilines is 2. The number of halogens is 1. The molecular formula is C14H18ClN5O. The Bertz CT molecular complexity index is 586. The van der Waals surface area contributed by atoms with Crippen molar-refractivity contribution in [2.45, 2.75) is 20.4 Å². The van der Waals surface area contributed by atoms with Gasteiger partial charge in [-0.25, -0.2) is 0 Å². The second-order valence-electron chi connectivity index (χ2n) is 4.42. The van der Waals surface area contributed by atoms with E-state index in [1.165, 1.54) is 0 Å². The minimum Gasteiger partial charge on any atom is -0.508 e. The summed E-state index contributed by atoms with van der Waals surface area (Å²) in [6.45, 7) is 6.20. The highest BCUT2D eigenvalue weighted by molar-refractivity contribution is 6.28. The Hall–Kier alpha value is -2.08. The number of rotatable bonds is 6. The molecule has 1 heterocycles. The summed E-state index contributed by atoms with van der Waals surface area (Å²) in [6, 6.07) is 6.93. The third-order valence-corrected chi connectivity index (χ3v) is 3.20. The number of aromatic hydroxyl groups is 1. The van der Waals surface area contributed by atoms with Gasteiger partial charge in [0, 0.05) is 19.6 Å². The molecule has 2 rings (SSSR count). The molecule has 0 bridgehead atoms. The molecule has 0 radical (unpaired) electrons. The van der Waals surface area contributed by atoms with E-state index in [0.29, 0.717) is 18.4 Å². The summed E-state index contributed by atoms with van der Waals surface area (Å²) in [5, 5.41) is 12.5. The van der Waals surface area contributed by atoms with Crippen LogP contribution < -0.4 is 10.2 Å². The van der Waals surface area contributed by atoms with Crippen LogP contribution in [0.5, 0.6) is 5.75 Å². The molecule has 112 valence electrons. The molecule has 0 aliphatic heterocycles. The first kappa shape index (κ1) is 15.3. The fraction of sp³-hybridized carbons (Fsp3) is 0.357. The van der Waals surface area contributed by atoms with Crippen LogP contribution in [0.1, 0.15) is 19.4 Å². The van der Waals surface area contributed by atoms with Crippen molar-refractivity contribution in [2.75, 3.05) is 23.3 Å². The summed E-state index contributed by atoms with van der Waals surface area (Å²) in [7, 11) is 0. The zero-order chi connectivity index (χ0) is 15.2. The number of phenolic OH excluding ortho intramolecular Hbond substituents is 1. The molecule has 2 N–H and O–H groups in total. The van der Waals surface area contributed by atoms with Gasteiger partial charge in [-0.15, -0.1) is 0 Å². The van der Waals surface area contributed by atoms with Crippen LogP contribution in [-0.4, -0.2) is 33.1 Å². The topological polar surface area (TPSA) is 74.2 Å². The van der Waals surface area contributed by atoms with E-state index in [1.54, 1.807) is 12.1 Å². The maximum absolute atomic E-state index is 9.25. The van der Waals surface area contributed by atoms with Crippen LogP contribution in [0, 0.1) is 0 Å². The van der Waals surface area contributed by atoms with E-state index in [2.05, 4.69) is 20.3 Å². The Balaban J connectivity index is 2.10. The van der Waals surface area contributed by atoms with E-state index in [0.717, 1.165) is 18.7 Å². The van der Waals surface area contributed by atoms with Gasteiger partial charge < -0.3 is 15.3 Å². The lowest BCUT2D eigenvalue weighted by Gasteiger charge is -2.18. The molecule has 0 saturated carbocycles. The summed E-state index contributed by atoms with van der Waals surface area (Å²) in [5.41, 5.74) is 1.01. The minimum atomic E-state index is 0.167. The van der Waals surface area contributed by atoms with Crippen LogP contribution in [0.4, 0.5) is 11.9 Å². The Morgan fingerprint density at radius 3 is 2.38 bits per heavy atom. The molecule has 0 fully saturated rings. The molecule has 0 aliphatic rings. The first-order valence-electron chi connectivity index (χ1n) is 6.80. The summed E-state index contributed by atoms with van der Waals surface area (Å²) >= 11 is 5.95. The number of aromatic nitrogens is 3. The molecule has 0 unspecified atom stereocenters. The van der Waals surface area contributed by atoms with Crippen molar-refractivity contribution in [1.82, 2.24) is 15.0 Å². The van der Waals surface area contributed by atoms with E-state index in [4.69, 9.17) is 11.6 Å². The van der Waals surface area contributed by atoms with E-state index in [-0.39, 0.29) is 11.0 Å². The fourth-order valence-electron chi connectivity index (χ4n) is 1.86. The standard InChI is InChI=1S/C14H18ClN5O/c1-3-20(4-2)14-18-12(15)17-13(19-14)16-9-10-5-7-11(21)8-6-10/h5-8,21H,3-4,9H2,1-2H3,(H,16,17,18,19). The molecule has 2 aromatic rings. The molecule has 7 heteroatoms. The minimum absolute atomic E-state index is 0.167. The first-order chi connectivity index (χ1) is 10.1. The van der Waals surface area contributed by atoms with Crippen LogP contribution in [-0.2, 0) is 6.54 Å². The maximum atomic E-state index is 9.25. The summed E-state index contributed by atoms with van der Waals surface area (Å²) < 4.78 is 0. The summed E-state index contributed by atoms with van der Waals surface area (Å²) in [4.78, 5) is 14.6. The molecule has 1 aromatic heterocycles. The lowest BCUT2D eigenvalue weighted by Crippen LogP contribution is -2.25. The Morgan fingerprint density at radius 1 is 1.10 bits per heavy atom. The number of phenols is 1. The Labute approximate surface area is 128 Å². The van der Waals surface area contributed by atoms with Crippen molar-refractivity contribution in [2.24, 2.45) is 0 Å². The average Bonchev–Trinajstić information content (AvgIpc) is 2.47. The highest BCUT2D eigenvalue weighted by Gasteiger charge is 2.09. The number of nitrogens with zero attached hydrogens (tertiary/aromatic N) is 4. The quantitative estimate of drug-likeness (QED) is 0.854. The van der Waals surface area contributed by atoms with Gasteiger partial charge in [-0.3, -0.25) is 0 Å². The van der Waals surface area contributed by atoms with Crippen molar-refractivity contribution < 1.29 is 5.11 Å². The molecule has 0 saturated heterocycles. The van der Waals surface area contributed by atoms with Gasteiger partial charge in [0.2, 0.25) is 17.2 Å². The van der Waals surface area contributed by atoms with Crippen molar-refractivity contribution in [3.05, 3.63) is 35.1 Å². The number of hydrogen-bond donors (Lipinski definition) is 2.